The van der Waals surface area contributed by atoms with Gasteiger partial charge in [0.2, 0.25) is 0 Å². The zero-order valence-corrected chi connectivity index (χ0v) is 13.0. The highest BCUT2D eigenvalue weighted by Crippen LogP contribution is 2.31. The molecule has 0 saturated carbocycles. The Kier molecular flexibility index (Phi) is 6.10. The second-order valence-corrected chi connectivity index (χ2v) is 5.17. The normalized spacial score (nSPS) is 15.3. The van der Waals surface area contributed by atoms with E-state index in [-0.39, 0.29) is 5.69 Å². The van der Waals surface area contributed by atoms with E-state index < -0.39 is 4.92 Å². The Labute approximate surface area is 133 Å². The number of nitro benzene ring substituents is 1. The van der Waals surface area contributed by atoms with E-state index in [4.69, 9.17) is 9.47 Å². The molecule has 23 heavy (non-hydrogen) atoms. The molecule has 0 aliphatic carbocycles. The SMILES string of the molecule is COc1ccc([N+](=O)[O-])cc1OCCCN1CCN(N=O)CC1. The molecular weight excluding hydrogens is 304 g/mol. The molecule has 126 valence electrons. The van der Waals surface area contributed by atoms with Crippen molar-refractivity contribution < 1.29 is 14.4 Å². The number of non-ortho nitro benzene ring substituents is 1. The molecule has 0 unspecified atom stereocenters. The van der Waals surface area contributed by atoms with Crippen molar-refractivity contribution in [3.8, 4) is 11.5 Å². The van der Waals surface area contributed by atoms with Crippen molar-refractivity contribution >= 4 is 5.69 Å². The van der Waals surface area contributed by atoms with Crippen LogP contribution in [0.3, 0.4) is 0 Å². The summed E-state index contributed by atoms with van der Waals surface area (Å²) in [6, 6.07) is 4.28. The largest absolute Gasteiger partial charge is 0.493 e. The van der Waals surface area contributed by atoms with E-state index >= 15 is 0 Å². The van der Waals surface area contributed by atoms with Crippen LogP contribution in [0.5, 0.6) is 11.5 Å². The maximum atomic E-state index is 10.8. The number of nitro groups is 1. The first-order valence-corrected chi connectivity index (χ1v) is 7.40. The van der Waals surface area contributed by atoms with Crippen molar-refractivity contribution in [1.29, 1.82) is 0 Å². The summed E-state index contributed by atoms with van der Waals surface area (Å²) >= 11 is 0. The monoisotopic (exact) mass is 324 g/mol. The van der Waals surface area contributed by atoms with E-state index in [0.29, 0.717) is 31.2 Å². The predicted octanol–water partition coefficient (Wildman–Crippen LogP) is 1.67. The third-order valence-corrected chi connectivity index (χ3v) is 3.70. The van der Waals surface area contributed by atoms with Crippen molar-refractivity contribution in [2.45, 2.75) is 6.42 Å². The number of methoxy groups -OCH3 is 1. The minimum absolute atomic E-state index is 0.0294. The van der Waals surface area contributed by atoms with Crippen LogP contribution in [-0.2, 0) is 0 Å². The molecule has 1 saturated heterocycles. The summed E-state index contributed by atoms with van der Waals surface area (Å²) in [5, 5.41) is 15.2. The fourth-order valence-corrected chi connectivity index (χ4v) is 2.40. The number of rotatable bonds is 8. The lowest BCUT2D eigenvalue weighted by atomic mass is 10.3. The lowest BCUT2D eigenvalue weighted by Crippen LogP contribution is -2.44. The second kappa shape index (κ2) is 8.28. The number of piperazine rings is 1. The third kappa shape index (κ3) is 4.78. The van der Waals surface area contributed by atoms with Crippen LogP contribution in [0.25, 0.3) is 0 Å². The topological polar surface area (TPSA) is 97.5 Å². The van der Waals surface area contributed by atoms with Crippen molar-refractivity contribution in [2.75, 3.05) is 46.4 Å². The van der Waals surface area contributed by atoms with E-state index in [1.165, 1.54) is 30.3 Å². The molecule has 0 aromatic heterocycles. The van der Waals surface area contributed by atoms with Crippen molar-refractivity contribution in [3.05, 3.63) is 33.2 Å². The van der Waals surface area contributed by atoms with Gasteiger partial charge in [0.15, 0.2) is 11.5 Å². The van der Waals surface area contributed by atoms with E-state index in [0.717, 1.165) is 26.1 Å². The van der Waals surface area contributed by atoms with Crippen LogP contribution < -0.4 is 9.47 Å². The quantitative estimate of drug-likeness (QED) is 0.310. The van der Waals surface area contributed by atoms with Crippen LogP contribution in [0.15, 0.2) is 23.5 Å². The Morgan fingerprint density at radius 3 is 2.61 bits per heavy atom. The molecule has 1 aliphatic heterocycles. The number of hydrogen-bond acceptors (Lipinski definition) is 7. The highest BCUT2D eigenvalue weighted by atomic mass is 16.6. The van der Waals surface area contributed by atoms with Crippen LogP contribution in [0.4, 0.5) is 5.69 Å². The molecule has 9 heteroatoms. The van der Waals surface area contributed by atoms with Gasteiger partial charge in [0.25, 0.3) is 5.69 Å². The molecule has 0 atom stereocenters. The molecule has 1 aliphatic rings. The van der Waals surface area contributed by atoms with Crippen LogP contribution in [0.1, 0.15) is 6.42 Å². The molecular formula is C14H20N4O5. The van der Waals surface area contributed by atoms with Crippen molar-refractivity contribution in [3.63, 3.8) is 0 Å². The highest BCUT2D eigenvalue weighted by molar-refractivity contribution is 5.48. The van der Waals surface area contributed by atoms with Gasteiger partial charge in [0.1, 0.15) is 0 Å². The van der Waals surface area contributed by atoms with Gasteiger partial charge in [-0.2, -0.15) is 0 Å². The van der Waals surface area contributed by atoms with Crippen LogP contribution in [0, 0.1) is 15.0 Å². The first-order valence-electron chi connectivity index (χ1n) is 7.40. The number of hydrogen-bond donors (Lipinski definition) is 0. The Morgan fingerprint density at radius 1 is 1.26 bits per heavy atom. The molecule has 0 radical (unpaired) electrons. The fourth-order valence-electron chi connectivity index (χ4n) is 2.40. The van der Waals surface area contributed by atoms with Gasteiger partial charge in [0.05, 0.1) is 43.1 Å². The van der Waals surface area contributed by atoms with Crippen molar-refractivity contribution in [1.82, 2.24) is 9.91 Å². The highest BCUT2D eigenvalue weighted by Gasteiger charge is 2.16. The average Bonchev–Trinajstić information content (AvgIpc) is 2.59. The van der Waals surface area contributed by atoms with Gasteiger partial charge in [0, 0.05) is 25.7 Å². The lowest BCUT2D eigenvalue weighted by Gasteiger charge is -2.31. The van der Waals surface area contributed by atoms with Gasteiger partial charge in [-0.1, -0.05) is 0 Å². The molecule has 1 fully saturated rings. The number of nitroso groups, excluding NO2 is 1. The van der Waals surface area contributed by atoms with E-state index in [9.17, 15) is 15.0 Å². The molecule has 1 aromatic carbocycles. The van der Waals surface area contributed by atoms with Crippen LogP contribution in [0.2, 0.25) is 0 Å². The fraction of sp³-hybridized carbons (Fsp3) is 0.571. The van der Waals surface area contributed by atoms with Crippen LogP contribution >= 0.6 is 0 Å². The van der Waals surface area contributed by atoms with E-state index in [2.05, 4.69) is 10.2 Å². The summed E-state index contributed by atoms with van der Waals surface area (Å²) in [7, 11) is 1.49. The smallest absolute Gasteiger partial charge is 0.273 e. The van der Waals surface area contributed by atoms with E-state index in [1.54, 1.807) is 0 Å². The molecule has 1 heterocycles. The first kappa shape index (κ1) is 16.9. The third-order valence-electron chi connectivity index (χ3n) is 3.70. The Morgan fingerprint density at radius 2 is 2.00 bits per heavy atom. The molecule has 0 spiro atoms. The minimum atomic E-state index is -0.465. The number of benzene rings is 1. The summed E-state index contributed by atoms with van der Waals surface area (Å²) in [5.41, 5.74) is -0.0294. The first-order chi connectivity index (χ1) is 11.1. The maximum absolute atomic E-state index is 10.8. The second-order valence-electron chi connectivity index (χ2n) is 5.17. The maximum Gasteiger partial charge on any atom is 0.273 e. The average molecular weight is 324 g/mol. The standard InChI is InChI=1S/C14H20N4O5/c1-22-13-4-3-12(18(20)21)11-14(13)23-10-2-5-16-6-8-17(15-19)9-7-16/h3-4,11H,2,5-10H2,1H3. The predicted molar refractivity (Wildman–Crippen MR) is 83.6 cm³/mol. The number of ether oxygens (including phenoxy) is 2. The summed E-state index contributed by atoms with van der Waals surface area (Å²) in [4.78, 5) is 23.0. The zero-order chi connectivity index (χ0) is 16.7. The molecule has 1 aromatic rings. The Bertz CT molecular complexity index is 546. The van der Waals surface area contributed by atoms with Gasteiger partial charge in [-0.25, -0.2) is 0 Å². The van der Waals surface area contributed by atoms with E-state index in [1.807, 2.05) is 0 Å². The molecule has 9 nitrogen and oxygen atoms in total. The Balaban J connectivity index is 1.78. The van der Waals surface area contributed by atoms with Gasteiger partial charge in [-0.15, -0.1) is 4.91 Å². The molecule has 0 amide bonds. The Hall–Kier alpha value is -2.42. The summed E-state index contributed by atoms with van der Waals surface area (Å²) in [6.45, 7) is 4.15. The molecule has 2 rings (SSSR count). The minimum Gasteiger partial charge on any atom is -0.493 e. The molecule has 0 bridgehead atoms. The van der Waals surface area contributed by atoms with Gasteiger partial charge >= 0.3 is 0 Å². The summed E-state index contributed by atoms with van der Waals surface area (Å²) < 4.78 is 10.8. The zero-order valence-electron chi connectivity index (χ0n) is 13.0. The molecule has 0 N–H and O–H groups in total. The summed E-state index contributed by atoms with van der Waals surface area (Å²) in [6.07, 6.45) is 0.778. The van der Waals surface area contributed by atoms with Crippen LogP contribution in [-0.4, -0.2) is 61.3 Å². The van der Waals surface area contributed by atoms with Gasteiger partial charge < -0.3 is 9.47 Å². The van der Waals surface area contributed by atoms with Gasteiger partial charge in [-0.3, -0.25) is 20.0 Å². The summed E-state index contributed by atoms with van der Waals surface area (Å²) in [5.74, 6) is 0.845. The lowest BCUT2D eigenvalue weighted by molar-refractivity contribution is -0.385. The van der Waals surface area contributed by atoms with Crippen molar-refractivity contribution in [2.24, 2.45) is 5.29 Å². The van der Waals surface area contributed by atoms with Gasteiger partial charge in [-0.05, 0) is 12.5 Å². The number of nitrogens with zero attached hydrogens (tertiary/aromatic N) is 4.